The number of halogens is 2. The smallest absolute Gasteiger partial charge is 0.143 e. The van der Waals surface area contributed by atoms with E-state index in [9.17, 15) is 0 Å². The van der Waals surface area contributed by atoms with Crippen LogP contribution in [0.25, 0.3) is 0 Å². The average molecular weight is 405 g/mol. The van der Waals surface area contributed by atoms with E-state index in [-0.39, 0.29) is 6.10 Å². The SMILES string of the molecule is Clc1ccc(COc2ccccc2/C=N/OC2CN3CCC2CC3)c(Cl)c1. The zero-order valence-corrected chi connectivity index (χ0v) is 16.5. The summed E-state index contributed by atoms with van der Waals surface area (Å²) in [4.78, 5) is 8.26. The number of rotatable bonds is 6. The number of piperidine rings is 3. The lowest BCUT2D eigenvalue weighted by atomic mass is 9.86. The van der Waals surface area contributed by atoms with Crippen LogP contribution in [-0.4, -0.2) is 36.9 Å². The molecule has 3 aliphatic heterocycles. The highest BCUT2D eigenvalue weighted by Crippen LogP contribution is 2.30. The second-order valence-electron chi connectivity index (χ2n) is 7.08. The molecule has 1 unspecified atom stereocenters. The largest absolute Gasteiger partial charge is 0.488 e. The Labute approximate surface area is 169 Å². The van der Waals surface area contributed by atoms with Gasteiger partial charge in [0.1, 0.15) is 18.5 Å². The summed E-state index contributed by atoms with van der Waals surface area (Å²) < 4.78 is 5.95. The molecule has 2 aromatic rings. The lowest BCUT2D eigenvalue weighted by Gasteiger charge is -2.42. The Kier molecular flexibility index (Phi) is 5.86. The van der Waals surface area contributed by atoms with Crippen LogP contribution in [0.3, 0.4) is 0 Å². The monoisotopic (exact) mass is 404 g/mol. The molecule has 5 rings (SSSR count). The molecular weight excluding hydrogens is 383 g/mol. The number of nitrogens with zero attached hydrogens (tertiary/aromatic N) is 2. The molecule has 3 aliphatic rings. The Morgan fingerprint density at radius 1 is 1.11 bits per heavy atom. The summed E-state index contributed by atoms with van der Waals surface area (Å²) in [6.07, 6.45) is 4.35. The van der Waals surface area contributed by atoms with E-state index in [1.165, 1.54) is 25.9 Å². The Morgan fingerprint density at radius 2 is 1.93 bits per heavy atom. The standard InChI is InChI=1S/C21H22Cl2N2O2/c22-18-6-5-17(19(23)11-18)14-26-20-4-2-1-3-16(20)12-24-27-21-13-25-9-7-15(21)8-10-25/h1-6,11-12,15,21H,7-10,13-14H2/b24-12+. The van der Waals surface area contributed by atoms with E-state index >= 15 is 0 Å². The molecular formula is C21H22Cl2N2O2. The molecule has 2 aromatic carbocycles. The lowest BCUT2D eigenvalue weighted by molar-refractivity contribution is -0.0675. The predicted octanol–water partition coefficient (Wildman–Crippen LogP) is 5.02. The predicted molar refractivity (Wildman–Crippen MR) is 109 cm³/mol. The maximum Gasteiger partial charge on any atom is 0.143 e. The van der Waals surface area contributed by atoms with E-state index in [1.54, 1.807) is 18.3 Å². The molecule has 4 nitrogen and oxygen atoms in total. The Hall–Kier alpha value is -1.75. The first-order valence-corrected chi connectivity index (χ1v) is 10.0. The van der Waals surface area contributed by atoms with Gasteiger partial charge in [-0.05, 0) is 50.2 Å². The van der Waals surface area contributed by atoms with E-state index in [0.717, 1.165) is 23.4 Å². The van der Waals surface area contributed by atoms with Crippen molar-refractivity contribution >= 4 is 29.4 Å². The molecule has 27 heavy (non-hydrogen) atoms. The highest BCUT2D eigenvalue weighted by molar-refractivity contribution is 6.35. The van der Waals surface area contributed by atoms with Gasteiger partial charge in [-0.25, -0.2) is 0 Å². The number of hydrogen-bond acceptors (Lipinski definition) is 4. The van der Waals surface area contributed by atoms with Crippen molar-refractivity contribution in [2.24, 2.45) is 11.1 Å². The van der Waals surface area contributed by atoms with Crippen LogP contribution in [0.2, 0.25) is 10.0 Å². The van der Waals surface area contributed by atoms with Gasteiger partial charge in [0.05, 0.1) is 6.21 Å². The molecule has 0 radical (unpaired) electrons. The van der Waals surface area contributed by atoms with Crippen molar-refractivity contribution < 1.29 is 9.57 Å². The summed E-state index contributed by atoms with van der Waals surface area (Å²) in [6.45, 7) is 3.73. The summed E-state index contributed by atoms with van der Waals surface area (Å²) in [5.41, 5.74) is 1.76. The zero-order valence-electron chi connectivity index (χ0n) is 15.0. The number of para-hydroxylation sites is 1. The highest BCUT2D eigenvalue weighted by Gasteiger charge is 2.35. The number of ether oxygens (including phenoxy) is 1. The highest BCUT2D eigenvalue weighted by atomic mass is 35.5. The van der Waals surface area contributed by atoms with Crippen LogP contribution in [0.4, 0.5) is 0 Å². The first-order valence-electron chi connectivity index (χ1n) is 9.26. The molecule has 1 atom stereocenters. The van der Waals surface area contributed by atoms with Gasteiger partial charge in [-0.1, -0.05) is 46.6 Å². The van der Waals surface area contributed by atoms with Crippen LogP contribution < -0.4 is 4.74 Å². The third-order valence-electron chi connectivity index (χ3n) is 5.30. The summed E-state index contributed by atoms with van der Waals surface area (Å²) in [5, 5.41) is 5.46. The zero-order chi connectivity index (χ0) is 18.6. The second-order valence-corrected chi connectivity index (χ2v) is 7.92. The van der Waals surface area contributed by atoms with E-state index in [2.05, 4.69) is 10.1 Å². The van der Waals surface area contributed by atoms with Crippen molar-refractivity contribution in [2.75, 3.05) is 19.6 Å². The van der Waals surface area contributed by atoms with Gasteiger partial charge in [0.25, 0.3) is 0 Å². The fourth-order valence-electron chi connectivity index (χ4n) is 3.71. The van der Waals surface area contributed by atoms with E-state index in [0.29, 0.717) is 22.6 Å². The van der Waals surface area contributed by atoms with Gasteiger partial charge in [-0.2, -0.15) is 0 Å². The quantitative estimate of drug-likeness (QED) is 0.500. The van der Waals surface area contributed by atoms with E-state index in [1.807, 2.05) is 30.3 Å². The van der Waals surface area contributed by atoms with Crippen molar-refractivity contribution in [1.29, 1.82) is 0 Å². The van der Waals surface area contributed by atoms with Crippen LogP contribution in [0.1, 0.15) is 24.0 Å². The topological polar surface area (TPSA) is 34.1 Å². The molecule has 3 heterocycles. The number of hydrogen-bond donors (Lipinski definition) is 0. The molecule has 0 aliphatic carbocycles. The van der Waals surface area contributed by atoms with E-state index < -0.39 is 0 Å². The number of oxime groups is 1. The number of benzene rings is 2. The summed E-state index contributed by atoms with van der Waals surface area (Å²) in [5.74, 6) is 1.37. The molecule has 0 aromatic heterocycles. The minimum absolute atomic E-state index is 0.199. The van der Waals surface area contributed by atoms with Gasteiger partial charge in [0.2, 0.25) is 0 Å². The van der Waals surface area contributed by atoms with Crippen molar-refractivity contribution in [1.82, 2.24) is 4.90 Å². The first-order chi connectivity index (χ1) is 13.2. The fourth-order valence-corrected chi connectivity index (χ4v) is 4.17. The molecule has 2 bridgehead atoms. The van der Waals surface area contributed by atoms with Gasteiger partial charge in [-0.15, -0.1) is 0 Å². The Morgan fingerprint density at radius 3 is 2.67 bits per heavy atom. The molecule has 0 saturated carbocycles. The Bertz CT molecular complexity index is 820. The molecule has 0 amide bonds. The second kappa shape index (κ2) is 8.51. The van der Waals surface area contributed by atoms with Crippen LogP contribution >= 0.6 is 23.2 Å². The summed E-state index contributed by atoms with van der Waals surface area (Å²) >= 11 is 12.2. The third-order valence-corrected chi connectivity index (χ3v) is 5.89. The summed E-state index contributed by atoms with van der Waals surface area (Å²) in [7, 11) is 0. The van der Waals surface area contributed by atoms with Crippen molar-refractivity contribution in [3.05, 3.63) is 63.6 Å². The van der Waals surface area contributed by atoms with Gasteiger partial charge in [-0.3, -0.25) is 4.90 Å². The van der Waals surface area contributed by atoms with E-state index in [4.69, 9.17) is 32.8 Å². The molecule has 3 saturated heterocycles. The normalized spacial score (nSPS) is 24.3. The third kappa shape index (κ3) is 4.57. The maximum absolute atomic E-state index is 6.22. The first kappa shape index (κ1) is 18.6. The maximum atomic E-state index is 6.22. The van der Waals surface area contributed by atoms with Gasteiger partial charge in [0, 0.05) is 33.6 Å². The van der Waals surface area contributed by atoms with Gasteiger partial charge < -0.3 is 9.57 Å². The Balaban J connectivity index is 1.39. The van der Waals surface area contributed by atoms with Crippen molar-refractivity contribution in [3.63, 3.8) is 0 Å². The minimum Gasteiger partial charge on any atom is -0.488 e. The molecule has 6 heteroatoms. The average Bonchev–Trinajstić information content (AvgIpc) is 2.69. The van der Waals surface area contributed by atoms with Crippen molar-refractivity contribution in [2.45, 2.75) is 25.6 Å². The van der Waals surface area contributed by atoms with Gasteiger partial charge in [0.15, 0.2) is 0 Å². The van der Waals surface area contributed by atoms with Crippen LogP contribution in [-0.2, 0) is 11.4 Å². The van der Waals surface area contributed by atoms with Crippen molar-refractivity contribution in [3.8, 4) is 5.75 Å². The summed E-state index contributed by atoms with van der Waals surface area (Å²) in [6, 6.07) is 13.2. The van der Waals surface area contributed by atoms with Crippen LogP contribution in [0.5, 0.6) is 5.75 Å². The molecule has 0 N–H and O–H groups in total. The minimum atomic E-state index is 0.199. The number of fused-ring (bicyclic) bond motifs is 3. The molecule has 0 spiro atoms. The van der Waals surface area contributed by atoms with Gasteiger partial charge >= 0.3 is 0 Å². The fraction of sp³-hybridized carbons (Fsp3) is 0.381. The lowest BCUT2D eigenvalue weighted by Crippen LogP contribution is -2.50. The van der Waals surface area contributed by atoms with Crippen LogP contribution in [0, 0.1) is 5.92 Å². The molecule has 142 valence electrons. The molecule has 3 fully saturated rings. The van der Waals surface area contributed by atoms with Crippen LogP contribution in [0.15, 0.2) is 47.6 Å².